The number of nitrogens with one attached hydrogen (secondary N) is 1. The van der Waals surface area contributed by atoms with E-state index >= 15 is 0 Å². The lowest BCUT2D eigenvalue weighted by atomic mass is 10.2. The van der Waals surface area contributed by atoms with Gasteiger partial charge in [0.25, 0.3) is 5.91 Å². The molecule has 1 N–H and O–H groups in total. The van der Waals surface area contributed by atoms with Crippen LogP contribution in [0.3, 0.4) is 0 Å². The summed E-state index contributed by atoms with van der Waals surface area (Å²) >= 11 is 4.10. The second-order valence-electron chi connectivity index (χ2n) is 3.61. The monoisotopic (exact) mass is 265 g/mol. The molecule has 2 nitrogen and oxygen atoms in total. The lowest BCUT2D eigenvalue weighted by molar-refractivity contribution is 0.102. The van der Waals surface area contributed by atoms with Crippen molar-refractivity contribution in [3.8, 4) is 0 Å². The number of thiol groups is 1. The van der Waals surface area contributed by atoms with E-state index in [1.165, 1.54) is 18.2 Å². The van der Waals surface area contributed by atoms with Crippen LogP contribution in [0.15, 0.2) is 47.4 Å². The zero-order valence-corrected chi connectivity index (χ0v) is 10.0. The summed E-state index contributed by atoms with van der Waals surface area (Å²) in [6.45, 7) is 0. The molecule has 0 fully saturated rings. The number of benzene rings is 2. The van der Waals surface area contributed by atoms with E-state index in [2.05, 4.69) is 17.9 Å². The molecular formula is C13H9F2NOS. The Morgan fingerprint density at radius 2 is 1.83 bits per heavy atom. The number of carbonyl (C=O) groups is 1. The molecule has 92 valence electrons. The van der Waals surface area contributed by atoms with Crippen LogP contribution in [0.1, 0.15) is 10.4 Å². The second-order valence-corrected chi connectivity index (χ2v) is 4.12. The summed E-state index contributed by atoms with van der Waals surface area (Å²) in [5.74, 6) is -2.60. The molecule has 2 aromatic carbocycles. The van der Waals surface area contributed by atoms with E-state index in [0.717, 1.165) is 6.07 Å². The molecule has 18 heavy (non-hydrogen) atoms. The van der Waals surface area contributed by atoms with E-state index in [1.54, 1.807) is 18.2 Å². The normalized spacial score (nSPS) is 10.2. The van der Waals surface area contributed by atoms with Gasteiger partial charge in [-0.1, -0.05) is 12.1 Å². The molecule has 0 aliphatic rings. The fourth-order valence-corrected chi connectivity index (χ4v) is 1.67. The Hall–Kier alpha value is -1.88. The van der Waals surface area contributed by atoms with E-state index < -0.39 is 17.5 Å². The molecule has 0 saturated heterocycles. The first-order chi connectivity index (χ1) is 8.58. The van der Waals surface area contributed by atoms with Gasteiger partial charge in [-0.15, -0.1) is 12.6 Å². The molecule has 5 heteroatoms. The Morgan fingerprint density at radius 3 is 2.56 bits per heavy atom. The van der Waals surface area contributed by atoms with Gasteiger partial charge in [-0.3, -0.25) is 4.79 Å². The van der Waals surface area contributed by atoms with Crippen LogP contribution in [-0.4, -0.2) is 5.91 Å². The predicted octanol–water partition coefficient (Wildman–Crippen LogP) is 3.51. The van der Waals surface area contributed by atoms with Gasteiger partial charge in [0.1, 0.15) is 0 Å². The van der Waals surface area contributed by atoms with Crippen molar-refractivity contribution >= 4 is 24.2 Å². The van der Waals surface area contributed by atoms with E-state index in [1.807, 2.05) is 0 Å². The van der Waals surface area contributed by atoms with Gasteiger partial charge in [0.2, 0.25) is 0 Å². The van der Waals surface area contributed by atoms with Gasteiger partial charge in [-0.2, -0.15) is 0 Å². The maximum absolute atomic E-state index is 13.4. The van der Waals surface area contributed by atoms with Crippen molar-refractivity contribution in [2.45, 2.75) is 4.90 Å². The SMILES string of the molecule is O=C(Nc1cccc(F)c1F)c1cccc(S)c1. The zero-order chi connectivity index (χ0) is 13.1. The third kappa shape index (κ3) is 2.68. The molecule has 0 heterocycles. The van der Waals surface area contributed by atoms with Crippen LogP contribution in [0.2, 0.25) is 0 Å². The molecule has 0 unspecified atom stereocenters. The number of rotatable bonds is 2. The van der Waals surface area contributed by atoms with Crippen LogP contribution in [-0.2, 0) is 0 Å². The molecule has 2 rings (SSSR count). The average molecular weight is 265 g/mol. The molecule has 0 saturated carbocycles. The maximum Gasteiger partial charge on any atom is 0.255 e. The fourth-order valence-electron chi connectivity index (χ4n) is 1.44. The summed E-state index contributed by atoms with van der Waals surface area (Å²) in [5, 5.41) is 2.31. The van der Waals surface area contributed by atoms with Crippen LogP contribution >= 0.6 is 12.6 Å². The standard InChI is InChI=1S/C13H9F2NOS/c14-10-5-2-6-11(12(10)15)16-13(17)8-3-1-4-9(18)7-8/h1-7,18H,(H,16,17). The first-order valence-corrected chi connectivity index (χ1v) is 5.57. The van der Waals surface area contributed by atoms with Crippen molar-refractivity contribution in [2.75, 3.05) is 5.32 Å². The first-order valence-electron chi connectivity index (χ1n) is 5.12. The highest BCUT2D eigenvalue weighted by atomic mass is 32.1. The quantitative estimate of drug-likeness (QED) is 0.799. The molecule has 0 bridgehead atoms. The molecule has 0 radical (unpaired) electrons. The number of amides is 1. The Bertz CT molecular complexity index is 601. The summed E-state index contributed by atoms with van der Waals surface area (Å²) in [7, 11) is 0. The highest BCUT2D eigenvalue weighted by Crippen LogP contribution is 2.18. The van der Waals surface area contributed by atoms with Crippen molar-refractivity contribution in [3.05, 3.63) is 59.7 Å². The van der Waals surface area contributed by atoms with Crippen LogP contribution in [0.4, 0.5) is 14.5 Å². The second kappa shape index (κ2) is 5.18. The number of anilines is 1. The molecular weight excluding hydrogens is 256 g/mol. The van der Waals surface area contributed by atoms with Crippen LogP contribution in [0, 0.1) is 11.6 Å². The van der Waals surface area contributed by atoms with Gasteiger partial charge < -0.3 is 5.32 Å². The van der Waals surface area contributed by atoms with Gasteiger partial charge in [0.05, 0.1) is 5.69 Å². The molecule has 0 aliphatic carbocycles. The molecule has 1 amide bonds. The molecule has 0 aliphatic heterocycles. The molecule has 0 aromatic heterocycles. The van der Waals surface area contributed by atoms with Crippen LogP contribution in [0.5, 0.6) is 0 Å². The minimum absolute atomic E-state index is 0.190. The van der Waals surface area contributed by atoms with Crippen molar-refractivity contribution in [2.24, 2.45) is 0 Å². The van der Waals surface area contributed by atoms with Crippen molar-refractivity contribution in [1.29, 1.82) is 0 Å². The third-order valence-corrected chi connectivity index (χ3v) is 2.59. The first kappa shape index (κ1) is 12.6. The topological polar surface area (TPSA) is 29.1 Å². The van der Waals surface area contributed by atoms with Crippen molar-refractivity contribution < 1.29 is 13.6 Å². The minimum Gasteiger partial charge on any atom is -0.319 e. The number of halogens is 2. The van der Waals surface area contributed by atoms with E-state index in [0.29, 0.717) is 10.5 Å². The predicted molar refractivity (Wildman–Crippen MR) is 68.0 cm³/mol. The van der Waals surface area contributed by atoms with Gasteiger partial charge in [-0.25, -0.2) is 8.78 Å². The summed E-state index contributed by atoms with van der Waals surface area (Å²) in [6.07, 6.45) is 0. The van der Waals surface area contributed by atoms with Gasteiger partial charge in [-0.05, 0) is 30.3 Å². The van der Waals surface area contributed by atoms with Gasteiger partial charge in [0, 0.05) is 10.5 Å². The number of carbonyl (C=O) groups excluding carboxylic acids is 1. The Labute approximate surface area is 108 Å². The Kier molecular flexibility index (Phi) is 3.62. The molecule has 0 spiro atoms. The highest BCUT2D eigenvalue weighted by Gasteiger charge is 2.12. The smallest absolute Gasteiger partial charge is 0.255 e. The van der Waals surface area contributed by atoms with Crippen LogP contribution < -0.4 is 5.32 Å². The summed E-state index contributed by atoms with van der Waals surface area (Å²) in [5.41, 5.74) is 0.135. The largest absolute Gasteiger partial charge is 0.319 e. The van der Waals surface area contributed by atoms with E-state index in [9.17, 15) is 13.6 Å². The third-order valence-electron chi connectivity index (χ3n) is 2.31. The number of hydrogen-bond acceptors (Lipinski definition) is 2. The maximum atomic E-state index is 13.4. The Balaban J connectivity index is 2.24. The van der Waals surface area contributed by atoms with Crippen LogP contribution in [0.25, 0.3) is 0 Å². The highest BCUT2D eigenvalue weighted by molar-refractivity contribution is 7.80. The van der Waals surface area contributed by atoms with Crippen molar-refractivity contribution in [3.63, 3.8) is 0 Å². The lowest BCUT2D eigenvalue weighted by Crippen LogP contribution is -2.13. The minimum atomic E-state index is -1.08. The van der Waals surface area contributed by atoms with E-state index in [4.69, 9.17) is 0 Å². The van der Waals surface area contributed by atoms with Gasteiger partial charge >= 0.3 is 0 Å². The zero-order valence-electron chi connectivity index (χ0n) is 9.15. The van der Waals surface area contributed by atoms with Gasteiger partial charge in [0.15, 0.2) is 11.6 Å². The van der Waals surface area contributed by atoms with E-state index in [-0.39, 0.29) is 5.69 Å². The van der Waals surface area contributed by atoms with Crippen molar-refractivity contribution in [1.82, 2.24) is 0 Å². The Morgan fingerprint density at radius 1 is 1.11 bits per heavy atom. The number of hydrogen-bond donors (Lipinski definition) is 2. The summed E-state index contributed by atoms with van der Waals surface area (Å²) in [6, 6.07) is 10.1. The average Bonchev–Trinajstić information content (AvgIpc) is 2.35. The lowest BCUT2D eigenvalue weighted by Gasteiger charge is -2.07. The fraction of sp³-hybridized carbons (Fsp3) is 0. The summed E-state index contributed by atoms with van der Waals surface area (Å²) in [4.78, 5) is 12.4. The molecule has 2 aromatic rings. The summed E-state index contributed by atoms with van der Waals surface area (Å²) < 4.78 is 26.3. The molecule has 0 atom stereocenters.